The highest BCUT2D eigenvalue weighted by Gasteiger charge is 2.27. The Balaban J connectivity index is 0.893. The minimum absolute atomic E-state index is 0.0871. The molecule has 0 radical (unpaired) electrons. The SMILES string of the molecule is COC(=O)c1ccc2nc(CN3CCC(c4cccc(OCc5ccc(-c6cn(C7CC7)nn6)cc5F)n4)CC3)n(C[C@@H]3CCO3)c2c1. The molecule has 2 aliphatic heterocycles. The predicted molar refractivity (Wildman–Crippen MR) is 175 cm³/mol. The number of piperidine rings is 1. The van der Waals surface area contributed by atoms with Crippen LogP contribution in [0.2, 0.25) is 0 Å². The van der Waals surface area contributed by atoms with Crippen molar-refractivity contribution in [3.63, 3.8) is 0 Å². The van der Waals surface area contributed by atoms with Crippen LogP contribution >= 0.6 is 0 Å². The molecule has 12 heteroatoms. The molecular formula is C36H38FN7O4. The first kappa shape index (κ1) is 30.6. The fraction of sp³-hybridized carbons (Fsp3) is 0.417. The van der Waals surface area contributed by atoms with Crippen molar-refractivity contribution in [2.24, 2.45) is 0 Å². The van der Waals surface area contributed by atoms with E-state index in [9.17, 15) is 4.79 Å². The van der Waals surface area contributed by atoms with Crippen molar-refractivity contribution in [3.05, 3.63) is 89.3 Å². The van der Waals surface area contributed by atoms with Gasteiger partial charge in [0.25, 0.3) is 0 Å². The van der Waals surface area contributed by atoms with Crippen LogP contribution in [0.1, 0.15) is 71.5 Å². The molecule has 0 bridgehead atoms. The molecule has 2 saturated heterocycles. The number of hydrogen-bond acceptors (Lipinski definition) is 9. The van der Waals surface area contributed by atoms with Gasteiger partial charge in [0.15, 0.2) is 0 Å². The van der Waals surface area contributed by atoms with Crippen molar-refractivity contribution in [1.29, 1.82) is 0 Å². The van der Waals surface area contributed by atoms with E-state index in [0.717, 1.165) is 74.4 Å². The standard InChI is InChI=1S/C36H38FN7O4/c1-46-36(45)25-7-10-31-33(18-25)43(19-28-13-16-47-28)34(38-31)21-42-14-11-23(12-15-42)30-3-2-4-35(39-30)48-22-26-6-5-24(17-29(26)37)32-20-44(41-40-32)27-8-9-27/h2-7,10,17-18,20,23,27-28H,8-9,11-16,19,21-22H2,1H3/t28-/m0/s1. The molecule has 5 aromatic rings. The summed E-state index contributed by atoms with van der Waals surface area (Å²) < 4.78 is 35.8. The van der Waals surface area contributed by atoms with Gasteiger partial charge in [-0.15, -0.1) is 5.10 Å². The van der Waals surface area contributed by atoms with E-state index in [1.807, 2.05) is 47.3 Å². The molecule has 8 rings (SSSR count). The lowest BCUT2D eigenvalue weighted by Crippen LogP contribution is -2.35. The zero-order chi connectivity index (χ0) is 32.6. The van der Waals surface area contributed by atoms with Crippen LogP contribution in [-0.2, 0) is 29.2 Å². The van der Waals surface area contributed by atoms with Gasteiger partial charge >= 0.3 is 5.97 Å². The van der Waals surface area contributed by atoms with E-state index in [0.29, 0.717) is 53.3 Å². The van der Waals surface area contributed by atoms with Gasteiger partial charge in [-0.2, -0.15) is 0 Å². The Bertz CT molecular complexity index is 1940. The lowest BCUT2D eigenvalue weighted by molar-refractivity contribution is -0.0592. The van der Waals surface area contributed by atoms with Gasteiger partial charge in [0.05, 0.1) is 55.1 Å². The van der Waals surface area contributed by atoms with Gasteiger partial charge in [-0.05, 0) is 75.5 Å². The number of fused-ring (bicyclic) bond motifs is 1. The summed E-state index contributed by atoms with van der Waals surface area (Å²) >= 11 is 0. The highest BCUT2D eigenvalue weighted by atomic mass is 19.1. The summed E-state index contributed by atoms with van der Waals surface area (Å²) in [5, 5.41) is 8.39. The van der Waals surface area contributed by atoms with Crippen molar-refractivity contribution in [2.75, 3.05) is 26.8 Å². The molecule has 0 spiro atoms. The van der Waals surface area contributed by atoms with Crippen LogP contribution in [0.3, 0.4) is 0 Å². The lowest BCUT2D eigenvalue weighted by Gasteiger charge is -2.32. The van der Waals surface area contributed by atoms with Crippen LogP contribution in [0.4, 0.5) is 4.39 Å². The van der Waals surface area contributed by atoms with Gasteiger partial charge in [-0.25, -0.2) is 23.8 Å². The van der Waals surface area contributed by atoms with E-state index >= 15 is 4.39 Å². The van der Waals surface area contributed by atoms with Crippen LogP contribution in [0.15, 0.2) is 60.8 Å². The summed E-state index contributed by atoms with van der Waals surface area (Å²) in [6.45, 7) is 4.09. The first-order chi connectivity index (χ1) is 23.5. The average Bonchev–Trinajstić information content (AvgIpc) is 3.73. The van der Waals surface area contributed by atoms with E-state index in [1.54, 1.807) is 12.1 Å². The second-order valence-electron chi connectivity index (χ2n) is 13.0. The fourth-order valence-electron chi connectivity index (χ4n) is 6.60. The molecule has 1 saturated carbocycles. The number of pyridine rings is 1. The number of likely N-dealkylation sites (tertiary alicyclic amines) is 1. The monoisotopic (exact) mass is 651 g/mol. The van der Waals surface area contributed by atoms with Crippen LogP contribution in [0.25, 0.3) is 22.3 Å². The molecule has 48 heavy (non-hydrogen) atoms. The summed E-state index contributed by atoms with van der Waals surface area (Å²) in [6.07, 6.45) is 7.20. The molecule has 1 atom stereocenters. The van der Waals surface area contributed by atoms with Crippen molar-refractivity contribution in [3.8, 4) is 17.1 Å². The van der Waals surface area contributed by atoms with Crippen molar-refractivity contribution < 1.29 is 23.4 Å². The molecule has 2 aromatic carbocycles. The average molecular weight is 652 g/mol. The van der Waals surface area contributed by atoms with E-state index in [2.05, 4.69) is 19.8 Å². The van der Waals surface area contributed by atoms with Gasteiger partial charge in [0, 0.05) is 35.4 Å². The maximum absolute atomic E-state index is 15.0. The highest BCUT2D eigenvalue weighted by molar-refractivity contribution is 5.93. The maximum Gasteiger partial charge on any atom is 0.337 e. The molecule has 1 aliphatic carbocycles. The zero-order valence-electron chi connectivity index (χ0n) is 26.9. The second kappa shape index (κ2) is 13.1. The third kappa shape index (κ3) is 6.42. The Morgan fingerprint density at radius 1 is 1.02 bits per heavy atom. The van der Waals surface area contributed by atoms with E-state index in [1.165, 1.54) is 13.2 Å². The summed E-state index contributed by atoms with van der Waals surface area (Å²) in [5.74, 6) is 1.07. The van der Waals surface area contributed by atoms with Crippen LogP contribution in [0, 0.1) is 5.82 Å². The molecule has 248 valence electrons. The molecule has 5 heterocycles. The van der Waals surface area contributed by atoms with Gasteiger partial charge in [0.1, 0.15) is 23.9 Å². The number of aromatic nitrogens is 6. The van der Waals surface area contributed by atoms with Gasteiger partial charge in [-0.1, -0.05) is 23.4 Å². The van der Waals surface area contributed by atoms with E-state index in [4.69, 9.17) is 24.2 Å². The van der Waals surface area contributed by atoms with Crippen LogP contribution in [0.5, 0.6) is 5.88 Å². The summed E-state index contributed by atoms with van der Waals surface area (Å²) in [7, 11) is 1.39. The van der Waals surface area contributed by atoms with Crippen molar-refractivity contribution >= 4 is 17.0 Å². The molecule has 3 aromatic heterocycles. The largest absolute Gasteiger partial charge is 0.473 e. The minimum Gasteiger partial charge on any atom is -0.473 e. The van der Waals surface area contributed by atoms with Crippen molar-refractivity contribution in [1.82, 2.24) is 34.4 Å². The third-order valence-electron chi connectivity index (χ3n) is 9.70. The molecule has 3 aliphatic rings. The van der Waals surface area contributed by atoms with Gasteiger partial charge < -0.3 is 18.8 Å². The number of methoxy groups -OCH3 is 1. The third-order valence-corrected chi connectivity index (χ3v) is 9.70. The van der Waals surface area contributed by atoms with Gasteiger partial charge in [-0.3, -0.25) is 4.90 Å². The number of imidazole rings is 1. The van der Waals surface area contributed by atoms with Gasteiger partial charge in [0.2, 0.25) is 5.88 Å². The number of esters is 1. The molecule has 0 N–H and O–H groups in total. The second-order valence-corrected chi connectivity index (χ2v) is 13.0. The molecule has 3 fully saturated rings. The molecular weight excluding hydrogens is 613 g/mol. The number of benzene rings is 2. The number of carbonyl (C=O) groups excluding carboxylic acids is 1. The smallest absolute Gasteiger partial charge is 0.337 e. The Kier molecular flexibility index (Phi) is 8.35. The topological polar surface area (TPSA) is 109 Å². The first-order valence-electron chi connectivity index (χ1n) is 16.7. The normalized spacial score (nSPS) is 18.6. The summed E-state index contributed by atoms with van der Waals surface area (Å²) in [6, 6.07) is 16.9. The van der Waals surface area contributed by atoms with E-state index in [-0.39, 0.29) is 24.5 Å². The fourth-order valence-corrected chi connectivity index (χ4v) is 6.60. The highest BCUT2D eigenvalue weighted by Crippen LogP contribution is 2.35. The Morgan fingerprint density at radius 2 is 1.88 bits per heavy atom. The van der Waals surface area contributed by atoms with Crippen molar-refractivity contribution in [2.45, 2.75) is 69.9 Å². The Hall–Kier alpha value is -4.68. The lowest BCUT2D eigenvalue weighted by atomic mass is 9.93. The van der Waals surface area contributed by atoms with E-state index < -0.39 is 0 Å². The number of rotatable bonds is 11. The Morgan fingerprint density at radius 3 is 2.62 bits per heavy atom. The zero-order valence-corrected chi connectivity index (χ0v) is 26.9. The quantitative estimate of drug-likeness (QED) is 0.166. The summed E-state index contributed by atoms with van der Waals surface area (Å²) in [5.41, 5.74) is 5.13. The molecule has 0 unspecified atom stereocenters. The Labute approximate surface area is 277 Å². The number of halogens is 1. The molecule has 0 amide bonds. The molecule has 11 nitrogen and oxygen atoms in total. The number of hydrogen-bond donors (Lipinski definition) is 0. The van der Waals surface area contributed by atoms with Crippen LogP contribution in [-0.4, -0.2) is 73.3 Å². The first-order valence-corrected chi connectivity index (χ1v) is 16.7. The number of nitrogens with zero attached hydrogens (tertiary/aromatic N) is 7. The van der Waals surface area contributed by atoms with Crippen LogP contribution < -0.4 is 4.74 Å². The summed E-state index contributed by atoms with van der Waals surface area (Å²) in [4.78, 5) is 24.4. The predicted octanol–water partition coefficient (Wildman–Crippen LogP) is 5.70. The number of carbonyl (C=O) groups is 1. The number of ether oxygens (including phenoxy) is 3. The maximum atomic E-state index is 15.0. The minimum atomic E-state index is -0.358.